The third kappa shape index (κ3) is 7.29. The number of aryl methyl sites for hydroxylation is 1. The van der Waals surface area contributed by atoms with E-state index >= 15 is 0 Å². The predicted molar refractivity (Wildman–Crippen MR) is 160 cm³/mol. The van der Waals surface area contributed by atoms with Gasteiger partial charge in [-0.25, -0.2) is 19.2 Å². The summed E-state index contributed by atoms with van der Waals surface area (Å²) in [7, 11) is 0. The molecule has 0 radical (unpaired) electrons. The third-order valence-electron chi connectivity index (χ3n) is 8.03. The van der Waals surface area contributed by atoms with Crippen molar-refractivity contribution in [3.05, 3.63) is 70.8 Å². The highest BCUT2D eigenvalue weighted by Gasteiger charge is 2.43. The molecule has 236 valence electrons. The van der Waals surface area contributed by atoms with Gasteiger partial charge in [-0.05, 0) is 89.6 Å². The highest BCUT2D eigenvalue weighted by molar-refractivity contribution is 5.95. The number of halogens is 1. The Morgan fingerprint density at radius 1 is 1.16 bits per heavy atom. The molecule has 2 aliphatic rings. The van der Waals surface area contributed by atoms with Gasteiger partial charge in [-0.2, -0.15) is 0 Å². The van der Waals surface area contributed by atoms with Gasteiger partial charge in [0.25, 0.3) is 5.91 Å². The Bertz CT molecular complexity index is 1510. The number of rotatable bonds is 9. The first-order valence-electron chi connectivity index (χ1n) is 14.8. The molecule has 5 rings (SSSR count). The number of carbonyl (C=O) groups excluding carboxylic acids is 2. The maximum Gasteiger partial charge on any atom is 0.410 e. The predicted octanol–water partition coefficient (Wildman–Crippen LogP) is 4.90. The highest BCUT2D eigenvalue weighted by Crippen LogP contribution is 2.33. The standard InChI is InChI=1S/C32H40FN5O6/c1-19-26(43-18-36-19)16-42-23-10-9-20-12-27(38(15-21(20)11-23)30(40)44-31(2,3)4)32(5,41)17-35-29(39)24-13-28(34-14-25(24)33)37-22-7-6-8-22/h9-11,13-14,18,22,27,41H,6-8,12,15-17H2,1-5H3,(H,34,37)(H,35,39)/t27-,32-/m0/s1. The Balaban J connectivity index is 1.32. The number of anilines is 1. The van der Waals surface area contributed by atoms with Crippen LogP contribution in [0.15, 0.2) is 41.3 Å². The van der Waals surface area contributed by atoms with Gasteiger partial charge in [-0.3, -0.25) is 9.69 Å². The van der Waals surface area contributed by atoms with Gasteiger partial charge in [0, 0.05) is 19.1 Å². The lowest BCUT2D eigenvalue weighted by Gasteiger charge is -2.44. The molecule has 3 N–H and O–H groups in total. The monoisotopic (exact) mass is 609 g/mol. The molecule has 2 aromatic heterocycles. The molecular weight excluding hydrogens is 569 g/mol. The van der Waals surface area contributed by atoms with Gasteiger partial charge >= 0.3 is 6.09 Å². The molecule has 1 aromatic carbocycles. The van der Waals surface area contributed by atoms with E-state index in [-0.39, 0.29) is 37.7 Å². The van der Waals surface area contributed by atoms with Gasteiger partial charge in [0.1, 0.15) is 23.8 Å². The zero-order chi connectivity index (χ0) is 31.6. The molecule has 2 amide bonds. The third-order valence-corrected chi connectivity index (χ3v) is 8.03. The van der Waals surface area contributed by atoms with E-state index in [1.54, 1.807) is 27.7 Å². The number of oxazole rings is 1. The van der Waals surface area contributed by atoms with Crippen molar-refractivity contribution >= 4 is 17.8 Å². The number of nitrogens with zero attached hydrogens (tertiary/aromatic N) is 3. The summed E-state index contributed by atoms with van der Waals surface area (Å²) in [6, 6.07) is 6.46. The number of nitrogens with one attached hydrogen (secondary N) is 2. The number of carbonyl (C=O) groups is 2. The van der Waals surface area contributed by atoms with Crippen LogP contribution >= 0.6 is 0 Å². The zero-order valence-electron chi connectivity index (χ0n) is 25.8. The highest BCUT2D eigenvalue weighted by atomic mass is 19.1. The van der Waals surface area contributed by atoms with Gasteiger partial charge in [0.05, 0.1) is 29.1 Å². The Kier molecular flexibility index (Phi) is 8.83. The van der Waals surface area contributed by atoms with Crippen molar-refractivity contribution in [1.82, 2.24) is 20.2 Å². The number of amides is 2. The summed E-state index contributed by atoms with van der Waals surface area (Å²) in [6.07, 6.45) is 5.18. The number of ether oxygens (including phenoxy) is 2. The Morgan fingerprint density at radius 2 is 1.93 bits per heavy atom. The van der Waals surface area contributed by atoms with Crippen LogP contribution in [0.1, 0.15) is 79.9 Å². The van der Waals surface area contributed by atoms with E-state index in [0.29, 0.717) is 17.3 Å². The van der Waals surface area contributed by atoms with Gasteiger partial charge < -0.3 is 29.6 Å². The number of pyridine rings is 1. The number of aliphatic hydroxyl groups is 1. The topological polar surface area (TPSA) is 139 Å². The number of aromatic nitrogens is 2. The Morgan fingerprint density at radius 3 is 2.59 bits per heavy atom. The number of fused-ring (bicyclic) bond motifs is 1. The second-order valence-electron chi connectivity index (χ2n) is 12.8. The van der Waals surface area contributed by atoms with Crippen molar-refractivity contribution in [2.45, 2.75) is 96.7 Å². The van der Waals surface area contributed by atoms with E-state index in [9.17, 15) is 19.1 Å². The molecule has 1 saturated carbocycles. The van der Waals surface area contributed by atoms with Gasteiger partial charge in [0.15, 0.2) is 18.0 Å². The largest absolute Gasteiger partial charge is 0.486 e. The van der Waals surface area contributed by atoms with Crippen LogP contribution in [-0.2, 0) is 24.3 Å². The fourth-order valence-electron chi connectivity index (χ4n) is 5.26. The number of hydrogen-bond acceptors (Lipinski definition) is 9. The van der Waals surface area contributed by atoms with Crippen molar-refractivity contribution in [2.75, 3.05) is 11.9 Å². The Hall–Kier alpha value is -4.19. The van der Waals surface area contributed by atoms with E-state index in [1.165, 1.54) is 17.4 Å². The van der Waals surface area contributed by atoms with Crippen molar-refractivity contribution in [3.63, 3.8) is 0 Å². The molecule has 12 heteroatoms. The quantitative estimate of drug-likeness (QED) is 0.309. The molecule has 44 heavy (non-hydrogen) atoms. The first-order valence-corrected chi connectivity index (χ1v) is 14.8. The lowest BCUT2D eigenvalue weighted by atomic mass is 9.84. The van der Waals surface area contributed by atoms with Crippen LogP contribution in [-0.4, -0.2) is 61.8 Å². The summed E-state index contributed by atoms with van der Waals surface area (Å²) in [6.45, 7) is 8.79. The maximum atomic E-state index is 14.6. The van der Waals surface area contributed by atoms with Crippen molar-refractivity contribution < 1.29 is 33.0 Å². The lowest BCUT2D eigenvalue weighted by Crippen LogP contribution is -2.60. The zero-order valence-corrected chi connectivity index (χ0v) is 25.8. The van der Waals surface area contributed by atoms with Crippen LogP contribution in [0.3, 0.4) is 0 Å². The molecule has 0 saturated heterocycles. The second-order valence-corrected chi connectivity index (χ2v) is 12.8. The summed E-state index contributed by atoms with van der Waals surface area (Å²) in [5.74, 6) is 0.179. The summed E-state index contributed by atoms with van der Waals surface area (Å²) in [5.41, 5.74) is -0.0518. The van der Waals surface area contributed by atoms with Gasteiger partial charge in [-0.1, -0.05) is 6.07 Å². The molecule has 2 atom stereocenters. The summed E-state index contributed by atoms with van der Waals surface area (Å²) < 4.78 is 31.6. The normalized spacial score (nSPS) is 18.1. The first kappa shape index (κ1) is 31.2. The SMILES string of the molecule is Cc1ncoc1COc1ccc2c(c1)CN(C(=O)OC(C)(C)C)[C@H]([C@@](C)(O)CNC(=O)c1cc(NC3CCC3)ncc1F)C2. The fourth-order valence-corrected chi connectivity index (χ4v) is 5.26. The van der Waals surface area contributed by atoms with Crippen molar-refractivity contribution in [1.29, 1.82) is 0 Å². The van der Waals surface area contributed by atoms with E-state index in [1.807, 2.05) is 25.1 Å². The van der Waals surface area contributed by atoms with Crippen LogP contribution in [0.5, 0.6) is 5.75 Å². The average Bonchev–Trinajstić information content (AvgIpc) is 3.36. The number of hydrogen-bond donors (Lipinski definition) is 3. The minimum absolute atomic E-state index is 0.146. The van der Waals surface area contributed by atoms with Crippen LogP contribution in [0.2, 0.25) is 0 Å². The second kappa shape index (κ2) is 12.4. The van der Waals surface area contributed by atoms with Crippen LogP contribution in [0, 0.1) is 12.7 Å². The smallest absolute Gasteiger partial charge is 0.410 e. The molecule has 1 aliphatic carbocycles. The van der Waals surface area contributed by atoms with E-state index in [0.717, 1.165) is 42.3 Å². The first-order chi connectivity index (χ1) is 20.8. The molecule has 11 nitrogen and oxygen atoms in total. The van der Waals surface area contributed by atoms with E-state index in [2.05, 4.69) is 20.6 Å². The number of benzene rings is 1. The molecule has 3 aromatic rings. The van der Waals surface area contributed by atoms with Crippen LogP contribution in [0.4, 0.5) is 15.0 Å². The van der Waals surface area contributed by atoms with Crippen molar-refractivity contribution in [2.24, 2.45) is 0 Å². The molecule has 1 aliphatic heterocycles. The van der Waals surface area contributed by atoms with E-state index < -0.39 is 35.1 Å². The molecule has 0 spiro atoms. The molecule has 0 bridgehead atoms. The van der Waals surface area contributed by atoms with Gasteiger partial charge in [0.2, 0.25) is 0 Å². The van der Waals surface area contributed by atoms with Crippen LogP contribution in [0.25, 0.3) is 0 Å². The maximum absolute atomic E-state index is 14.6. The summed E-state index contributed by atoms with van der Waals surface area (Å²) in [5, 5.41) is 17.6. The van der Waals surface area contributed by atoms with Crippen molar-refractivity contribution in [3.8, 4) is 5.75 Å². The summed E-state index contributed by atoms with van der Waals surface area (Å²) in [4.78, 5) is 36.1. The Labute approximate surface area is 256 Å². The van der Waals surface area contributed by atoms with Gasteiger partial charge in [-0.15, -0.1) is 0 Å². The minimum atomic E-state index is -1.60. The molecule has 0 unspecified atom stereocenters. The average molecular weight is 610 g/mol. The molecule has 3 heterocycles. The summed E-state index contributed by atoms with van der Waals surface area (Å²) >= 11 is 0. The molecule has 1 fully saturated rings. The minimum Gasteiger partial charge on any atom is -0.486 e. The fraction of sp³-hybridized carbons (Fsp3) is 0.500. The lowest BCUT2D eigenvalue weighted by molar-refractivity contribution is -0.0513. The van der Waals surface area contributed by atoms with E-state index in [4.69, 9.17) is 13.9 Å². The van der Waals surface area contributed by atoms with Crippen LogP contribution < -0.4 is 15.4 Å². The molecular formula is C32H40FN5O6.